The Hall–Kier alpha value is -2.80. The van der Waals surface area contributed by atoms with E-state index in [2.05, 4.69) is 0 Å². The van der Waals surface area contributed by atoms with Crippen LogP contribution in [0.25, 0.3) is 0 Å². The first-order chi connectivity index (χ1) is 12.7. The molecule has 0 amide bonds. The van der Waals surface area contributed by atoms with Crippen LogP contribution in [0, 0.1) is 0 Å². The Balaban J connectivity index is 1.78. The monoisotopic (exact) mass is 392 g/mol. The van der Waals surface area contributed by atoms with Crippen molar-refractivity contribution in [3.8, 4) is 11.5 Å². The van der Waals surface area contributed by atoms with E-state index < -0.39 is 21.6 Å². The lowest BCUT2D eigenvalue weighted by Gasteiger charge is -2.10. The van der Waals surface area contributed by atoms with E-state index >= 15 is 0 Å². The maximum Gasteiger partial charge on any atom is 0.416 e. The fourth-order valence-electron chi connectivity index (χ4n) is 2.48. The molecule has 0 aliphatic rings. The second-order valence-electron chi connectivity index (χ2n) is 5.84. The molecule has 0 atom stereocenters. The zero-order chi connectivity index (χ0) is 19.5. The van der Waals surface area contributed by atoms with Crippen LogP contribution in [0.3, 0.4) is 0 Å². The van der Waals surface area contributed by atoms with Crippen LogP contribution < -0.4 is 4.74 Å². The van der Waals surface area contributed by atoms with Gasteiger partial charge < -0.3 is 4.74 Å². The van der Waals surface area contributed by atoms with Crippen LogP contribution in [0.1, 0.15) is 11.1 Å². The van der Waals surface area contributed by atoms with Gasteiger partial charge in [-0.2, -0.15) is 13.2 Å². The zero-order valence-electron chi connectivity index (χ0n) is 14.0. The fourth-order valence-corrected chi connectivity index (χ4v) is 3.81. The maximum atomic E-state index is 12.6. The average molecular weight is 392 g/mol. The van der Waals surface area contributed by atoms with E-state index in [0.717, 1.165) is 24.3 Å². The van der Waals surface area contributed by atoms with Crippen molar-refractivity contribution < 1.29 is 26.3 Å². The van der Waals surface area contributed by atoms with Gasteiger partial charge in [0.1, 0.15) is 11.5 Å². The molecule has 27 heavy (non-hydrogen) atoms. The number of para-hydroxylation sites is 1. The van der Waals surface area contributed by atoms with E-state index in [1.165, 1.54) is 0 Å². The molecule has 0 aliphatic carbocycles. The molecule has 0 saturated carbocycles. The smallest absolute Gasteiger partial charge is 0.416 e. The van der Waals surface area contributed by atoms with Crippen LogP contribution in [-0.2, 0) is 21.8 Å². The Morgan fingerprint density at radius 2 is 1.41 bits per heavy atom. The minimum absolute atomic E-state index is 0.162. The third kappa shape index (κ3) is 4.89. The molecule has 3 aromatic carbocycles. The zero-order valence-corrected chi connectivity index (χ0v) is 14.8. The highest BCUT2D eigenvalue weighted by molar-refractivity contribution is 7.90. The Bertz CT molecular complexity index is 1010. The number of hydrogen-bond donors (Lipinski definition) is 0. The van der Waals surface area contributed by atoms with Gasteiger partial charge in [0.2, 0.25) is 0 Å². The highest BCUT2D eigenvalue weighted by Gasteiger charge is 2.30. The molecule has 3 nitrogen and oxygen atoms in total. The van der Waals surface area contributed by atoms with Gasteiger partial charge in [0, 0.05) is 0 Å². The highest BCUT2D eigenvalue weighted by atomic mass is 32.2. The normalized spacial score (nSPS) is 12.0. The average Bonchev–Trinajstić information content (AvgIpc) is 2.62. The predicted octanol–water partition coefficient (Wildman–Crippen LogP) is 5.47. The van der Waals surface area contributed by atoms with Crippen molar-refractivity contribution in [1.29, 1.82) is 0 Å². The second-order valence-corrected chi connectivity index (χ2v) is 7.83. The molecule has 3 rings (SSSR count). The van der Waals surface area contributed by atoms with Crippen LogP contribution in [-0.4, -0.2) is 8.42 Å². The van der Waals surface area contributed by atoms with Crippen molar-refractivity contribution in [1.82, 2.24) is 0 Å². The molecule has 7 heteroatoms. The van der Waals surface area contributed by atoms with Gasteiger partial charge >= 0.3 is 6.18 Å². The summed E-state index contributed by atoms with van der Waals surface area (Å²) in [6.45, 7) is 0. The Kier molecular flexibility index (Phi) is 5.23. The van der Waals surface area contributed by atoms with E-state index in [-0.39, 0.29) is 10.6 Å². The molecular weight excluding hydrogens is 377 g/mol. The molecule has 0 unspecified atom stereocenters. The van der Waals surface area contributed by atoms with Crippen molar-refractivity contribution >= 4 is 9.84 Å². The minimum atomic E-state index is -4.51. The van der Waals surface area contributed by atoms with Crippen LogP contribution in [0.4, 0.5) is 13.2 Å². The van der Waals surface area contributed by atoms with Crippen molar-refractivity contribution in [2.24, 2.45) is 0 Å². The summed E-state index contributed by atoms with van der Waals surface area (Å²) >= 11 is 0. The molecule has 0 aromatic heterocycles. The second kappa shape index (κ2) is 7.44. The molecule has 0 fully saturated rings. The lowest BCUT2D eigenvalue weighted by Crippen LogP contribution is -2.08. The third-order valence-corrected chi connectivity index (χ3v) is 5.48. The van der Waals surface area contributed by atoms with E-state index in [0.29, 0.717) is 17.1 Å². The number of ether oxygens (including phenoxy) is 1. The van der Waals surface area contributed by atoms with Crippen LogP contribution in [0.2, 0.25) is 0 Å². The van der Waals surface area contributed by atoms with E-state index in [1.54, 1.807) is 36.4 Å². The van der Waals surface area contributed by atoms with E-state index in [4.69, 9.17) is 4.74 Å². The van der Waals surface area contributed by atoms with Gasteiger partial charge in [0.05, 0.1) is 16.2 Å². The van der Waals surface area contributed by atoms with Gasteiger partial charge in [-0.15, -0.1) is 0 Å². The summed E-state index contributed by atoms with van der Waals surface area (Å²) in [5, 5.41) is 0. The summed E-state index contributed by atoms with van der Waals surface area (Å²) in [7, 11) is -3.79. The van der Waals surface area contributed by atoms with Crippen LogP contribution >= 0.6 is 0 Å². The summed E-state index contributed by atoms with van der Waals surface area (Å²) < 4.78 is 68.6. The van der Waals surface area contributed by atoms with E-state index in [9.17, 15) is 21.6 Å². The van der Waals surface area contributed by atoms with Crippen molar-refractivity contribution in [3.05, 3.63) is 90.0 Å². The molecule has 140 valence electrons. The van der Waals surface area contributed by atoms with Crippen molar-refractivity contribution in [3.63, 3.8) is 0 Å². The standard InChI is InChI=1S/C20H15F3O3S/c21-20(22,23)16-9-11-19(12-10-16)27(24,25)14-15-5-4-8-18(13-15)26-17-6-2-1-3-7-17/h1-13H,14H2. The quantitative estimate of drug-likeness (QED) is 0.578. The summed E-state index contributed by atoms with van der Waals surface area (Å²) in [5.74, 6) is 0.742. The first-order valence-electron chi connectivity index (χ1n) is 7.96. The van der Waals surface area contributed by atoms with Gasteiger partial charge in [-0.1, -0.05) is 30.3 Å². The van der Waals surface area contributed by atoms with Gasteiger partial charge in [-0.3, -0.25) is 0 Å². The first kappa shape index (κ1) is 19.0. The predicted molar refractivity (Wildman–Crippen MR) is 95.3 cm³/mol. The highest BCUT2D eigenvalue weighted by Crippen LogP contribution is 2.30. The summed E-state index contributed by atoms with van der Waals surface area (Å²) in [6, 6.07) is 19.1. The number of benzene rings is 3. The largest absolute Gasteiger partial charge is 0.457 e. The Morgan fingerprint density at radius 1 is 0.778 bits per heavy atom. The van der Waals surface area contributed by atoms with Gasteiger partial charge in [0.25, 0.3) is 0 Å². The van der Waals surface area contributed by atoms with Crippen molar-refractivity contribution in [2.45, 2.75) is 16.8 Å². The molecule has 0 radical (unpaired) electrons. The first-order valence-corrected chi connectivity index (χ1v) is 9.61. The molecule has 0 saturated heterocycles. The lowest BCUT2D eigenvalue weighted by molar-refractivity contribution is -0.137. The molecular formula is C20H15F3O3S. The Labute approximate surface area is 155 Å². The third-order valence-electron chi connectivity index (χ3n) is 3.77. The van der Waals surface area contributed by atoms with Crippen LogP contribution in [0.5, 0.6) is 11.5 Å². The molecule has 0 aliphatic heterocycles. The number of sulfone groups is 1. The van der Waals surface area contributed by atoms with Gasteiger partial charge in [-0.25, -0.2) is 8.42 Å². The summed E-state index contributed by atoms with van der Waals surface area (Å²) in [5.41, 5.74) is -0.414. The number of rotatable bonds is 5. The SMILES string of the molecule is O=S(=O)(Cc1cccc(Oc2ccccc2)c1)c1ccc(C(F)(F)F)cc1. The fraction of sp³-hybridized carbons (Fsp3) is 0.100. The molecule has 0 N–H and O–H groups in total. The van der Waals surface area contributed by atoms with E-state index in [1.807, 2.05) is 18.2 Å². The molecule has 3 aromatic rings. The summed E-state index contributed by atoms with van der Waals surface area (Å²) in [6.07, 6.45) is -4.51. The minimum Gasteiger partial charge on any atom is -0.457 e. The number of alkyl halides is 3. The Morgan fingerprint density at radius 3 is 2.04 bits per heavy atom. The molecule has 0 spiro atoms. The number of hydrogen-bond acceptors (Lipinski definition) is 3. The van der Waals surface area contributed by atoms with Crippen molar-refractivity contribution in [2.75, 3.05) is 0 Å². The molecule has 0 heterocycles. The molecule has 0 bridgehead atoms. The van der Waals surface area contributed by atoms with Crippen LogP contribution in [0.15, 0.2) is 83.8 Å². The maximum absolute atomic E-state index is 12.6. The van der Waals surface area contributed by atoms with Gasteiger partial charge in [0.15, 0.2) is 9.84 Å². The topological polar surface area (TPSA) is 43.4 Å². The lowest BCUT2D eigenvalue weighted by atomic mass is 10.2. The summed E-state index contributed by atoms with van der Waals surface area (Å²) in [4.78, 5) is -0.162. The van der Waals surface area contributed by atoms with Gasteiger partial charge in [-0.05, 0) is 54.1 Å². The number of halogens is 3.